The summed E-state index contributed by atoms with van der Waals surface area (Å²) in [6.07, 6.45) is -0.633. The molecule has 0 radical (unpaired) electrons. The van der Waals surface area contributed by atoms with E-state index in [4.69, 9.17) is 14.2 Å². The van der Waals surface area contributed by atoms with E-state index in [1.54, 1.807) is 6.07 Å². The molecular formula is C24H31ClFN3O9S. The Morgan fingerprint density at radius 3 is 2.51 bits per heavy atom. The van der Waals surface area contributed by atoms with Gasteiger partial charge in [-0.05, 0) is 55.8 Å². The summed E-state index contributed by atoms with van der Waals surface area (Å²) in [5, 5.41) is 2.95. The minimum atomic E-state index is -3.08. The van der Waals surface area contributed by atoms with Crippen LogP contribution in [0.15, 0.2) is 18.2 Å². The average Bonchev–Trinajstić information content (AvgIpc) is 3.52. The van der Waals surface area contributed by atoms with Crippen LogP contribution < -0.4 is 10.2 Å². The van der Waals surface area contributed by atoms with Gasteiger partial charge in [0.2, 0.25) is 12.7 Å². The first-order valence-electron chi connectivity index (χ1n) is 12.4. The molecule has 3 fully saturated rings. The van der Waals surface area contributed by atoms with Crippen LogP contribution in [-0.4, -0.2) is 87.5 Å². The van der Waals surface area contributed by atoms with Gasteiger partial charge in [0, 0.05) is 6.92 Å². The fourth-order valence-corrected chi connectivity index (χ4v) is 6.27. The molecule has 1 aromatic carbocycles. The van der Waals surface area contributed by atoms with Crippen molar-refractivity contribution in [1.29, 1.82) is 0 Å². The monoisotopic (exact) mass is 591 g/mol. The number of nitrogens with one attached hydrogen (secondary N) is 1. The van der Waals surface area contributed by atoms with Gasteiger partial charge in [-0.2, -0.15) is 0 Å². The lowest BCUT2D eigenvalue weighted by Crippen LogP contribution is -2.43. The number of ether oxygens (including phenoxy) is 3. The zero-order chi connectivity index (χ0) is 27.4. The molecule has 3 heterocycles. The Morgan fingerprint density at radius 1 is 1.18 bits per heavy atom. The Bertz CT molecular complexity index is 1200. The third kappa shape index (κ3) is 7.57. The number of cyclic esters (lactones) is 1. The quantitative estimate of drug-likeness (QED) is 0.369. The van der Waals surface area contributed by atoms with E-state index in [0.717, 1.165) is 18.2 Å². The van der Waals surface area contributed by atoms with Gasteiger partial charge in [-0.3, -0.25) is 14.5 Å². The van der Waals surface area contributed by atoms with Crippen molar-refractivity contribution in [3.05, 3.63) is 29.6 Å². The number of carbonyl (C=O) groups excluding carboxylic acids is 4. The highest BCUT2D eigenvalue weighted by molar-refractivity contribution is 7.91. The molecule has 4 rings (SSSR count). The van der Waals surface area contributed by atoms with Crippen LogP contribution in [0.2, 0.25) is 0 Å². The van der Waals surface area contributed by atoms with Crippen LogP contribution >= 0.6 is 12.4 Å². The molecule has 15 heteroatoms. The summed E-state index contributed by atoms with van der Waals surface area (Å²) in [6, 6.07) is 3.82. The maximum atomic E-state index is 14.9. The molecule has 12 nitrogen and oxygen atoms in total. The predicted molar refractivity (Wildman–Crippen MR) is 138 cm³/mol. The first-order chi connectivity index (χ1) is 18.0. The molecule has 3 aliphatic rings. The number of carbonyl (C=O) groups is 4. The number of anilines is 1. The largest absolute Gasteiger partial charge is 0.442 e. The number of hydrogen-bond acceptors (Lipinski definition) is 10. The molecule has 0 saturated carbocycles. The summed E-state index contributed by atoms with van der Waals surface area (Å²) in [6.45, 7) is 0.784. The Morgan fingerprint density at radius 2 is 1.90 bits per heavy atom. The minimum absolute atomic E-state index is 0. The summed E-state index contributed by atoms with van der Waals surface area (Å²) in [5.41, 5.74) is 0.620. The van der Waals surface area contributed by atoms with Crippen LogP contribution in [0.25, 0.3) is 0 Å². The summed E-state index contributed by atoms with van der Waals surface area (Å²) >= 11 is 0. The lowest BCUT2D eigenvalue weighted by atomic mass is 9.93. The number of hydrogen-bond donors (Lipinski definition) is 1. The van der Waals surface area contributed by atoms with Crippen molar-refractivity contribution in [2.45, 2.75) is 50.7 Å². The van der Waals surface area contributed by atoms with Crippen LogP contribution in [0.3, 0.4) is 0 Å². The Labute approximate surface area is 231 Å². The Hall–Kier alpha value is -2.97. The molecule has 3 aliphatic heterocycles. The third-order valence-corrected chi connectivity index (χ3v) is 8.59. The second-order valence-corrected chi connectivity index (χ2v) is 11.8. The normalized spacial score (nSPS) is 22.5. The fourth-order valence-electron chi connectivity index (χ4n) is 4.78. The molecule has 0 spiro atoms. The molecule has 216 valence electrons. The molecule has 1 N–H and O–H groups in total. The van der Waals surface area contributed by atoms with Crippen LogP contribution in [0.4, 0.5) is 19.7 Å². The number of benzene rings is 1. The fraction of sp³-hybridized carbons (Fsp3) is 0.583. The van der Waals surface area contributed by atoms with Gasteiger partial charge in [0.15, 0.2) is 0 Å². The number of sulfone groups is 1. The van der Waals surface area contributed by atoms with E-state index >= 15 is 0 Å². The Balaban J connectivity index is 0.00000420. The lowest BCUT2D eigenvalue weighted by Gasteiger charge is -2.23. The number of imide groups is 1. The predicted octanol–water partition coefficient (Wildman–Crippen LogP) is 2.10. The van der Waals surface area contributed by atoms with Crippen molar-refractivity contribution in [3.8, 4) is 0 Å². The van der Waals surface area contributed by atoms with Gasteiger partial charge >= 0.3 is 18.2 Å². The smallest absolute Gasteiger partial charge is 0.419 e. The van der Waals surface area contributed by atoms with Crippen LogP contribution in [0.5, 0.6) is 0 Å². The van der Waals surface area contributed by atoms with Gasteiger partial charge in [-0.1, -0.05) is 6.07 Å². The lowest BCUT2D eigenvalue weighted by molar-refractivity contribution is -0.154. The maximum absolute atomic E-state index is 14.9. The molecule has 2 atom stereocenters. The maximum Gasteiger partial charge on any atom is 0.419 e. The van der Waals surface area contributed by atoms with E-state index < -0.39 is 58.7 Å². The van der Waals surface area contributed by atoms with Crippen LogP contribution in [0.1, 0.15) is 44.1 Å². The third-order valence-electron chi connectivity index (χ3n) is 6.88. The van der Waals surface area contributed by atoms with E-state index in [1.165, 1.54) is 17.0 Å². The summed E-state index contributed by atoms with van der Waals surface area (Å²) < 4.78 is 53.4. The molecule has 0 bridgehead atoms. The van der Waals surface area contributed by atoms with Crippen molar-refractivity contribution in [1.82, 2.24) is 10.2 Å². The van der Waals surface area contributed by atoms with Crippen molar-refractivity contribution in [3.63, 3.8) is 0 Å². The molecule has 1 aromatic rings. The van der Waals surface area contributed by atoms with Crippen molar-refractivity contribution < 1.29 is 46.2 Å². The number of nitrogens with zero attached hydrogens (tertiary/aromatic N) is 2. The highest BCUT2D eigenvalue weighted by Crippen LogP contribution is 2.33. The van der Waals surface area contributed by atoms with Crippen molar-refractivity contribution in [2.75, 3.05) is 42.8 Å². The first-order valence-corrected chi connectivity index (χ1v) is 14.2. The summed E-state index contributed by atoms with van der Waals surface area (Å²) in [5.74, 6) is -1.99. The topological polar surface area (TPSA) is 149 Å². The molecular weight excluding hydrogens is 561 g/mol. The van der Waals surface area contributed by atoms with Gasteiger partial charge in [0.05, 0.1) is 30.3 Å². The number of esters is 1. The summed E-state index contributed by atoms with van der Waals surface area (Å²) in [7, 11) is -3.08. The highest BCUT2D eigenvalue weighted by atomic mass is 35.5. The van der Waals surface area contributed by atoms with Gasteiger partial charge in [-0.15, -0.1) is 12.4 Å². The minimum Gasteiger partial charge on any atom is -0.442 e. The van der Waals surface area contributed by atoms with Crippen LogP contribution in [0, 0.1) is 5.82 Å². The highest BCUT2D eigenvalue weighted by Gasteiger charge is 2.37. The van der Waals surface area contributed by atoms with E-state index in [-0.39, 0.29) is 48.6 Å². The molecule has 39 heavy (non-hydrogen) atoms. The molecule has 3 amide bonds. The van der Waals surface area contributed by atoms with E-state index in [1.807, 2.05) is 0 Å². The number of amides is 3. The second kappa shape index (κ2) is 12.9. The van der Waals surface area contributed by atoms with E-state index in [0.29, 0.717) is 31.4 Å². The average molecular weight is 592 g/mol. The van der Waals surface area contributed by atoms with Crippen molar-refractivity contribution >= 4 is 52.0 Å². The van der Waals surface area contributed by atoms with E-state index in [2.05, 4.69) is 5.32 Å². The molecule has 0 aliphatic carbocycles. The molecule has 3 saturated heterocycles. The second-order valence-electron chi connectivity index (χ2n) is 9.52. The Kier molecular flexibility index (Phi) is 10.1. The van der Waals surface area contributed by atoms with Crippen LogP contribution in [-0.2, 0) is 33.6 Å². The van der Waals surface area contributed by atoms with Gasteiger partial charge in [-0.25, -0.2) is 27.3 Å². The molecule has 0 aromatic heterocycles. The SMILES string of the molecule is CC(=O)N(C[C@H]1CN(c2ccc(C3CCS(=O)(=O)CC3)c(F)c2)C(=O)O1)C(=O)OCOC(=O)[C@@H]1CCCN1.Cl. The summed E-state index contributed by atoms with van der Waals surface area (Å²) in [4.78, 5) is 50.8. The zero-order valence-corrected chi connectivity index (χ0v) is 22.9. The van der Waals surface area contributed by atoms with Gasteiger partial charge in [0.25, 0.3) is 0 Å². The zero-order valence-electron chi connectivity index (χ0n) is 21.3. The number of rotatable bonds is 7. The first kappa shape index (κ1) is 30.6. The van der Waals surface area contributed by atoms with E-state index in [9.17, 15) is 32.0 Å². The molecule has 0 unspecified atom stereocenters. The number of halogens is 2. The van der Waals surface area contributed by atoms with Gasteiger partial charge in [0.1, 0.15) is 27.8 Å². The van der Waals surface area contributed by atoms with Crippen molar-refractivity contribution in [2.24, 2.45) is 0 Å². The van der Waals surface area contributed by atoms with Gasteiger partial charge < -0.3 is 19.5 Å². The standard InChI is InChI=1S/C24H30FN3O9S.ClH/c1-15(29)27(23(31)36-14-35-22(30)21-3-2-8-26-21)12-18-13-28(24(32)37-18)17-4-5-19(20(25)11-17)16-6-9-38(33,34)10-7-16;/h4-5,11,16,18,21,26H,2-3,6-10,12-14H2,1H3;1H/t18-,21-;/m0./s1.